The van der Waals surface area contributed by atoms with Gasteiger partial charge in [-0.2, -0.15) is 4.31 Å². The zero-order valence-electron chi connectivity index (χ0n) is 29.7. The molecule has 0 radical (unpaired) electrons. The van der Waals surface area contributed by atoms with Gasteiger partial charge in [0, 0.05) is 35.9 Å². The number of aryl methyl sites for hydroxylation is 1. The molecule has 0 spiro atoms. The predicted molar refractivity (Wildman–Crippen MR) is 203 cm³/mol. The molecule has 4 atom stereocenters. The van der Waals surface area contributed by atoms with Gasteiger partial charge in [-0.1, -0.05) is 42.0 Å². The molecule has 0 aromatic heterocycles. The van der Waals surface area contributed by atoms with E-state index in [0.717, 1.165) is 32.8 Å². The summed E-state index contributed by atoms with van der Waals surface area (Å²) in [5.74, 6) is -3.07. The molecule has 8 rings (SSSR count). The van der Waals surface area contributed by atoms with Crippen LogP contribution in [0.25, 0.3) is 11.1 Å². The minimum absolute atomic E-state index is 0.00344. The molecule has 0 bridgehead atoms. The first-order chi connectivity index (χ1) is 26.4. The molecule has 14 nitrogen and oxygen atoms in total. The standard InChI is InChI=1S/C40H38N6O8S/c1-22-8-11-26(12-9-22)55(53,54)45-17-16-27-32(21-47)43-30-13-10-24(19-29(30)37(27)45)23-4-2-5-25(18-23)42-35(49)20-41-31-7-3-6-28-36(31)40(52)46(39(28)51)33-14-15-34(48)44-38(33)50/h2-13,18-19,27,32-33,37,41,43,47H,14-17,20-21H2,1H3,(H,42,49)(H,44,48,50)/t27-,32+,33?,37-/m1/s1. The summed E-state index contributed by atoms with van der Waals surface area (Å²) in [4.78, 5) is 65.0. The SMILES string of the molecule is Cc1ccc(S(=O)(=O)N2CC[C@@H]3[C@H](CO)Nc4ccc(-c5cccc(NC(=O)CNc6cccc7c6C(=O)N(C6CCC(=O)NC6=O)C7=O)c5)cc4[C@@H]32)cc1. The van der Waals surface area contributed by atoms with Crippen molar-refractivity contribution in [3.8, 4) is 11.1 Å². The van der Waals surface area contributed by atoms with E-state index < -0.39 is 51.6 Å². The number of rotatable bonds is 9. The number of imide groups is 2. The third-order valence-corrected chi connectivity index (χ3v) is 12.7. The smallest absolute Gasteiger partial charge is 0.264 e. The van der Waals surface area contributed by atoms with Gasteiger partial charge in [-0.3, -0.25) is 34.2 Å². The number of carbonyl (C=O) groups is 5. The first kappa shape index (κ1) is 36.1. The maximum absolute atomic E-state index is 14.0. The van der Waals surface area contributed by atoms with Crippen molar-refractivity contribution in [2.24, 2.45) is 5.92 Å². The Morgan fingerprint density at radius 2 is 1.67 bits per heavy atom. The fraction of sp³-hybridized carbons (Fsp3) is 0.275. The van der Waals surface area contributed by atoms with Crippen LogP contribution in [0.2, 0.25) is 0 Å². The average molecular weight is 763 g/mol. The summed E-state index contributed by atoms with van der Waals surface area (Å²) in [6, 6.07) is 22.5. The highest BCUT2D eigenvalue weighted by Crippen LogP contribution is 2.49. The molecule has 2 saturated heterocycles. The molecule has 4 aliphatic heterocycles. The lowest BCUT2D eigenvalue weighted by Gasteiger charge is -2.39. The van der Waals surface area contributed by atoms with E-state index in [4.69, 9.17) is 0 Å². The van der Waals surface area contributed by atoms with Crippen LogP contribution >= 0.6 is 0 Å². The van der Waals surface area contributed by atoms with Gasteiger partial charge < -0.3 is 21.1 Å². The van der Waals surface area contributed by atoms with E-state index in [1.807, 2.05) is 31.2 Å². The largest absolute Gasteiger partial charge is 0.394 e. The van der Waals surface area contributed by atoms with Crippen LogP contribution in [0.5, 0.6) is 0 Å². The Bertz CT molecular complexity index is 2380. The molecule has 15 heteroatoms. The number of carbonyl (C=O) groups excluding carboxylic acids is 5. The van der Waals surface area contributed by atoms with Gasteiger partial charge >= 0.3 is 0 Å². The monoisotopic (exact) mass is 762 g/mol. The molecular weight excluding hydrogens is 725 g/mol. The Hall–Kier alpha value is -5.90. The highest BCUT2D eigenvalue weighted by atomic mass is 32.2. The molecule has 55 heavy (non-hydrogen) atoms. The lowest BCUT2D eigenvalue weighted by molar-refractivity contribution is -0.136. The quantitative estimate of drug-likeness (QED) is 0.157. The number of hydrogen-bond acceptors (Lipinski definition) is 10. The molecule has 4 aliphatic rings. The van der Waals surface area contributed by atoms with Crippen molar-refractivity contribution in [2.75, 3.05) is 35.6 Å². The summed E-state index contributed by atoms with van der Waals surface area (Å²) < 4.78 is 29.5. The van der Waals surface area contributed by atoms with Crippen LogP contribution in [0.15, 0.2) is 89.8 Å². The van der Waals surface area contributed by atoms with Crippen molar-refractivity contribution in [3.63, 3.8) is 0 Å². The summed E-state index contributed by atoms with van der Waals surface area (Å²) >= 11 is 0. The number of amides is 5. The van der Waals surface area contributed by atoms with Crippen molar-refractivity contribution in [1.82, 2.24) is 14.5 Å². The normalized spacial score (nSPS) is 22.0. The van der Waals surface area contributed by atoms with E-state index in [1.54, 1.807) is 58.9 Å². The zero-order valence-corrected chi connectivity index (χ0v) is 30.6. The molecule has 0 saturated carbocycles. The van der Waals surface area contributed by atoms with Crippen LogP contribution < -0.4 is 21.3 Å². The number of fused-ring (bicyclic) bond motifs is 4. The second kappa shape index (κ2) is 14.1. The van der Waals surface area contributed by atoms with Crippen LogP contribution in [0.1, 0.15) is 57.1 Å². The average Bonchev–Trinajstić information content (AvgIpc) is 3.74. The molecular formula is C40H38N6O8S. The van der Waals surface area contributed by atoms with E-state index in [2.05, 4.69) is 21.3 Å². The topological polar surface area (TPSA) is 194 Å². The Kier molecular flexibility index (Phi) is 9.23. The third-order valence-electron chi connectivity index (χ3n) is 10.8. The number of nitrogens with zero attached hydrogens (tertiary/aromatic N) is 2. The van der Waals surface area contributed by atoms with Crippen molar-refractivity contribution >= 4 is 56.6 Å². The van der Waals surface area contributed by atoms with E-state index in [0.29, 0.717) is 18.7 Å². The van der Waals surface area contributed by atoms with Crippen LogP contribution in [-0.2, 0) is 24.4 Å². The number of sulfonamides is 1. The minimum atomic E-state index is -3.84. The van der Waals surface area contributed by atoms with Gasteiger partial charge in [-0.05, 0) is 85.0 Å². The van der Waals surface area contributed by atoms with Crippen LogP contribution in [0.4, 0.5) is 17.1 Å². The van der Waals surface area contributed by atoms with Gasteiger partial charge in [0.15, 0.2) is 0 Å². The number of benzene rings is 4. The van der Waals surface area contributed by atoms with Crippen molar-refractivity contribution < 1.29 is 37.5 Å². The third kappa shape index (κ3) is 6.43. The number of aliphatic hydroxyl groups excluding tert-OH is 1. The van der Waals surface area contributed by atoms with Gasteiger partial charge in [0.05, 0.1) is 41.3 Å². The molecule has 1 unspecified atom stereocenters. The number of aliphatic hydroxyl groups is 1. The summed E-state index contributed by atoms with van der Waals surface area (Å²) in [6.45, 7) is 1.84. The van der Waals surface area contributed by atoms with E-state index in [-0.39, 0.29) is 59.7 Å². The predicted octanol–water partition coefficient (Wildman–Crippen LogP) is 3.65. The highest BCUT2D eigenvalue weighted by Gasteiger charge is 2.49. The Morgan fingerprint density at radius 3 is 2.44 bits per heavy atom. The fourth-order valence-corrected chi connectivity index (χ4v) is 9.80. The van der Waals surface area contributed by atoms with Gasteiger partial charge in [-0.15, -0.1) is 0 Å². The Morgan fingerprint density at radius 1 is 0.909 bits per heavy atom. The van der Waals surface area contributed by atoms with Crippen molar-refractivity contribution in [3.05, 3.63) is 107 Å². The second-order valence-corrected chi connectivity index (χ2v) is 16.1. The fourth-order valence-electron chi connectivity index (χ4n) is 8.13. The second-order valence-electron chi connectivity index (χ2n) is 14.2. The van der Waals surface area contributed by atoms with E-state index in [9.17, 15) is 37.5 Å². The molecule has 0 aliphatic carbocycles. The molecule has 2 fully saturated rings. The number of piperidine rings is 1. The van der Waals surface area contributed by atoms with Gasteiger partial charge in [0.2, 0.25) is 27.7 Å². The maximum Gasteiger partial charge on any atom is 0.264 e. The number of nitrogens with one attached hydrogen (secondary N) is 4. The molecule has 5 N–H and O–H groups in total. The summed E-state index contributed by atoms with van der Waals surface area (Å²) in [7, 11) is -3.84. The van der Waals surface area contributed by atoms with Gasteiger partial charge in [0.1, 0.15) is 6.04 Å². The molecule has 4 heterocycles. The van der Waals surface area contributed by atoms with E-state index in [1.165, 1.54) is 6.07 Å². The molecule has 5 amide bonds. The number of hydrogen-bond donors (Lipinski definition) is 5. The first-order valence-electron chi connectivity index (χ1n) is 18.0. The summed E-state index contributed by atoms with van der Waals surface area (Å²) in [6.07, 6.45) is 0.618. The zero-order chi connectivity index (χ0) is 38.6. The lowest BCUT2D eigenvalue weighted by atomic mass is 9.82. The minimum Gasteiger partial charge on any atom is -0.394 e. The lowest BCUT2D eigenvalue weighted by Crippen LogP contribution is -2.54. The van der Waals surface area contributed by atoms with E-state index >= 15 is 0 Å². The molecule has 282 valence electrons. The summed E-state index contributed by atoms with van der Waals surface area (Å²) in [5.41, 5.74) is 4.99. The number of anilines is 3. The highest BCUT2D eigenvalue weighted by molar-refractivity contribution is 7.89. The van der Waals surface area contributed by atoms with Crippen LogP contribution in [0, 0.1) is 12.8 Å². The molecule has 4 aromatic carbocycles. The van der Waals surface area contributed by atoms with Gasteiger partial charge in [0.25, 0.3) is 11.8 Å². The Balaban J connectivity index is 0.993. The summed E-state index contributed by atoms with van der Waals surface area (Å²) in [5, 5.41) is 21.7. The Labute approximate surface area is 317 Å². The van der Waals surface area contributed by atoms with Gasteiger partial charge in [-0.25, -0.2) is 8.42 Å². The maximum atomic E-state index is 14.0. The van der Waals surface area contributed by atoms with Crippen molar-refractivity contribution in [1.29, 1.82) is 0 Å². The molecule has 4 aromatic rings. The first-order valence-corrected chi connectivity index (χ1v) is 19.5. The van der Waals surface area contributed by atoms with Crippen LogP contribution in [-0.4, -0.2) is 84.0 Å². The van der Waals surface area contributed by atoms with Crippen molar-refractivity contribution in [2.45, 2.75) is 49.2 Å². The van der Waals surface area contributed by atoms with Crippen LogP contribution in [0.3, 0.4) is 0 Å².